The standard InChI is InChI=1S/C26H37ClN2/c1-3-5-7-9-20-11-14-22(15-12-20)23-18-28-26(29-19-23)24-16-13-21(17-25(24)27)10-8-6-4-2/h13,16-20,22H,3-12,14-15H2,1-2H3. The van der Waals surface area contributed by atoms with E-state index in [-0.39, 0.29) is 0 Å². The number of unbranched alkanes of at least 4 members (excludes halogenated alkanes) is 4. The summed E-state index contributed by atoms with van der Waals surface area (Å²) in [6.07, 6.45) is 19.7. The first kappa shape index (κ1) is 22.3. The van der Waals surface area contributed by atoms with E-state index in [4.69, 9.17) is 11.6 Å². The van der Waals surface area contributed by atoms with Crippen molar-refractivity contribution >= 4 is 11.6 Å². The van der Waals surface area contributed by atoms with Crippen molar-refractivity contribution in [3.05, 3.63) is 46.7 Å². The van der Waals surface area contributed by atoms with E-state index in [1.807, 2.05) is 12.4 Å². The molecule has 1 aliphatic carbocycles. The number of rotatable bonds is 10. The van der Waals surface area contributed by atoms with Gasteiger partial charge in [0.05, 0.1) is 5.02 Å². The van der Waals surface area contributed by atoms with Crippen LogP contribution in [0.2, 0.25) is 5.02 Å². The van der Waals surface area contributed by atoms with Crippen molar-refractivity contribution in [2.75, 3.05) is 0 Å². The number of hydrogen-bond donors (Lipinski definition) is 0. The summed E-state index contributed by atoms with van der Waals surface area (Å²) in [5, 5.41) is 0.763. The molecule has 1 aromatic heterocycles. The van der Waals surface area contributed by atoms with Crippen LogP contribution in [-0.2, 0) is 6.42 Å². The van der Waals surface area contributed by atoms with E-state index in [1.54, 1.807) is 0 Å². The Morgan fingerprint density at radius 3 is 2.24 bits per heavy atom. The summed E-state index contributed by atoms with van der Waals surface area (Å²) in [7, 11) is 0. The number of nitrogens with zero attached hydrogens (tertiary/aromatic N) is 2. The Morgan fingerprint density at radius 1 is 0.897 bits per heavy atom. The molecule has 0 N–H and O–H groups in total. The highest BCUT2D eigenvalue weighted by molar-refractivity contribution is 6.33. The first-order valence-electron chi connectivity index (χ1n) is 11.8. The van der Waals surface area contributed by atoms with Crippen LogP contribution in [0, 0.1) is 5.92 Å². The third-order valence-electron chi connectivity index (χ3n) is 6.55. The van der Waals surface area contributed by atoms with E-state index in [1.165, 1.54) is 81.8 Å². The molecule has 0 bridgehead atoms. The summed E-state index contributed by atoms with van der Waals surface area (Å²) in [6.45, 7) is 4.52. The summed E-state index contributed by atoms with van der Waals surface area (Å²) in [5.74, 6) is 2.31. The molecule has 1 saturated carbocycles. The lowest BCUT2D eigenvalue weighted by Gasteiger charge is -2.28. The van der Waals surface area contributed by atoms with Gasteiger partial charge < -0.3 is 0 Å². The second-order valence-corrected chi connectivity index (χ2v) is 9.23. The van der Waals surface area contributed by atoms with Crippen LogP contribution in [0.1, 0.15) is 102 Å². The van der Waals surface area contributed by atoms with Crippen LogP contribution in [0.15, 0.2) is 30.6 Å². The molecule has 1 heterocycles. The zero-order valence-corrected chi connectivity index (χ0v) is 19.1. The highest BCUT2D eigenvalue weighted by atomic mass is 35.5. The van der Waals surface area contributed by atoms with Gasteiger partial charge in [-0.1, -0.05) is 70.0 Å². The molecule has 3 rings (SSSR count). The maximum absolute atomic E-state index is 6.55. The zero-order chi connectivity index (χ0) is 20.5. The van der Waals surface area contributed by atoms with Crippen LogP contribution in [-0.4, -0.2) is 9.97 Å². The molecule has 158 valence electrons. The Hall–Kier alpha value is -1.41. The molecule has 2 aromatic rings. The van der Waals surface area contributed by atoms with Crippen LogP contribution in [0.25, 0.3) is 11.4 Å². The molecular formula is C26H37ClN2. The third-order valence-corrected chi connectivity index (χ3v) is 6.86. The average molecular weight is 413 g/mol. The molecule has 0 radical (unpaired) electrons. The van der Waals surface area contributed by atoms with Crippen LogP contribution in [0.4, 0.5) is 0 Å². The maximum atomic E-state index is 6.55. The summed E-state index contributed by atoms with van der Waals surface area (Å²) >= 11 is 6.55. The molecule has 0 spiro atoms. The lowest BCUT2D eigenvalue weighted by molar-refractivity contribution is 0.302. The lowest BCUT2D eigenvalue weighted by Crippen LogP contribution is -2.14. The minimum Gasteiger partial charge on any atom is -0.236 e. The summed E-state index contributed by atoms with van der Waals surface area (Å²) < 4.78 is 0. The highest BCUT2D eigenvalue weighted by Gasteiger charge is 2.22. The number of halogens is 1. The van der Waals surface area contributed by atoms with Gasteiger partial charge in [0.1, 0.15) is 0 Å². The smallest absolute Gasteiger partial charge is 0.160 e. The number of aryl methyl sites for hydroxylation is 1. The molecule has 0 atom stereocenters. The van der Waals surface area contributed by atoms with Crippen LogP contribution in [0.5, 0.6) is 0 Å². The van der Waals surface area contributed by atoms with Crippen molar-refractivity contribution in [3.8, 4) is 11.4 Å². The minimum absolute atomic E-state index is 0.628. The molecular weight excluding hydrogens is 376 g/mol. The van der Waals surface area contributed by atoms with Gasteiger partial charge in [-0.3, -0.25) is 0 Å². The molecule has 0 saturated heterocycles. The SMILES string of the molecule is CCCCCc1ccc(-c2ncc(C3CCC(CCCCC)CC3)cn2)c(Cl)c1. The monoisotopic (exact) mass is 412 g/mol. The number of aromatic nitrogens is 2. The van der Waals surface area contributed by atoms with Crippen molar-refractivity contribution in [1.82, 2.24) is 9.97 Å². The van der Waals surface area contributed by atoms with Crippen LogP contribution >= 0.6 is 11.6 Å². The molecule has 0 unspecified atom stereocenters. The van der Waals surface area contributed by atoms with Gasteiger partial charge in [-0.05, 0) is 73.6 Å². The van der Waals surface area contributed by atoms with E-state index < -0.39 is 0 Å². The average Bonchev–Trinajstić information content (AvgIpc) is 2.75. The molecule has 1 aliphatic rings. The molecule has 3 heteroatoms. The topological polar surface area (TPSA) is 25.8 Å². The second-order valence-electron chi connectivity index (χ2n) is 8.82. The first-order chi connectivity index (χ1) is 14.2. The van der Waals surface area contributed by atoms with Gasteiger partial charge in [0.25, 0.3) is 0 Å². The Bertz CT molecular complexity index is 733. The van der Waals surface area contributed by atoms with E-state index in [0.717, 1.165) is 28.7 Å². The quantitative estimate of drug-likeness (QED) is 0.366. The largest absolute Gasteiger partial charge is 0.236 e. The molecule has 2 nitrogen and oxygen atoms in total. The fourth-order valence-electron chi connectivity index (χ4n) is 4.63. The maximum Gasteiger partial charge on any atom is 0.160 e. The summed E-state index contributed by atoms with van der Waals surface area (Å²) in [4.78, 5) is 9.35. The van der Waals surface area contributed by atoms with Crippen molar-refractivity contribution in [1.29, 1.82) is 0 Å². The van der Waals surface area contributed by atoms with Gasteiger partial charge in [0, 0.05) is 18.0 Å². The third kappa shape index (κ3) is 6.54. The van der Waals surface area contributed by atoms with Gasteiger partial charge in [0.2, 0.25) is 0 Å². The van der Waals surface area contributed by atoms with Gasteiger partial charge >= 0.3 is 0 Å². The van der Waals surface area contributed by atoms with E-state index in [2.05, 4.69) is 42.0 Å². The number of hydrogen-bond acceptors (Lipinski definition) is 2. The Kier molecular flexibility index (Phi) is 8.98. The Morgan fingerprint density at radius 2 is 1.59 bits per heavy atom. The van der Waals surface area contributed by atoms with Gasteiger partial charge in [-0.25, -0.2) is 9.97 Å². The normalized spacial score (nSPS) is 19.4. The van der Waals surface area contributed by atoms with Crippen LogP contribution < -0.4 is 0 Å². The van der Waals surface area contributed by atoms with E-state index in [0.29, 0.717) is 5.92 Å². The van der Waals surface area contributed by atoms with Crippen molar-refractivity contribution < 1.29 is 0 Å². The van der Waals surface area contributed by atoms with Gasteiger partial charge in [-0.2, -0.15) is 0 Å². The fraction of sp³-hybridized carbons (Fsp3) is 0.615. The minimum atomic E-state index is 0.628. The predicted octanol–water partition coefficient (Wildman–Crippen LogP) is 8.38. The molecule has 1 fully saturated rings. The Balaban J connectivity index is 1.56. The second kappa shape index (κ2) is 11.7. The van der Waals surface area contributed by atoms with Crippen molar-refractivity contribution in [2.45, 2.75) is 96.8 Å². The first-order valence-corrected chi connectivity index (χ1v) is 12.2. The van der Waals surface area contributed by atoms with E-state index >= 15 is 0 Å². The fourth-order valence-corrected chi connectivity index (χ4v) is 4.92. The van der Waals surface area contributed by atoms with Crippen molar-refractivity contribution in [3.63, 3.8) is 0 Å². The predicted molar refractivity (Wildman–Crippen MR) is 125 cm³/mol. The molecule has 29 heavy (non-hydrogen) atoms. The molecule has 1 aromatic carbocycles. The highest BCUT2D eigenvalue weighted by Crippen LogP contribution is 2.37. The zero-order valence-electron chi connectivity index (χ0n) is 18.3. The lowest BCUT2D eigenvalue weighted by atomic mass is 9.77. The number of benzene rings is 1. The molecule has 0 aliphatic heterocycles. The summed E-state index contributed by atoms with van der Waals surface area (Å²) in [5.41, 5.74) is 3.55. The van der Waals surface area contributed by atoms with E-state index in [9.17, 15) is 0 Å². The molecule has 0 amide bonds. The van der Waals surface area contributed by atoms with Crippen LogP contribution in [0.3, 0.4) is 0 Å². The summed E-state index contributed by atoms with van der Waals surface area (Å²) in [6, 6.07) is 6.34. The van der Waals surface area contributed by atoms with Gasteiger partial charge in [0.15, 0.2) is 5.82 Å². The van der Waals surface area contributed by atoms with Crippen molar-refractivity contribution in [2.24, 2.45) is 5.92 Å². The van der Waals surface area contributed by atoms with Gasteiger partial charge in [-0.15, -0.1) is 0 Å². The Labute approximate surface area is 182 Å².